The number of allylic oxidation sites excluding steroid dienone is 1. The van der Waals surface area contributed by atoms with Crippen LogP contribution in [0.25, 0.3) is 11.3 Å². The topological polar surface area (TPSA) is 105 Å². The summed E-state index contributed by atoms with van der Waals surface area (Å²) in [6.07, 6.45) is 8.75. The van der Waals surface area contributed by atoms with Crippen LogP contribution < -0.4 is 5.32 Å². The van der Waals surface area contributed by atoms with Gasteiger partial charge in [-0.25, -0.2) is 9.67 Å². The molecule has 4 heterocycles. The highest BCUT2D eigenvalue weighted by molar-refractivity contribution is 6.03. The highest BCUT2D eigenvalue weighted by Gasteiger charge is 2.25. The summed E-state index contributed by atoms with van der Waals surface area (Å²) in [5.74, 6) is -0.223. The average Bonchev–Trinajstić information content (AvgIpc) is 3.62. The van der Waals surface area contributed by atoms with E-state index in [-0.39, 0.29) is 17.7 Å². The van der Waals surface area contributed by atoms with Crippen LogP contribution in [0.15, 0.2) is 72.4 Å². The molecule has 1 aromatic carbocycles. The fourth-order valence-corrected chi connectivity index (χ4v) is 4.31. The van der Waals surface area contributed by atoms with Crippen LogP contribution in [0.1, 0.15) is 40.6 Å². The molecule has 1 unspecified atom stereocenters. The molecule has 3 aromatic rings. The van der Waals surface area contributed by atoms with Gasteiger partial charge in [-0.2, -0.15) is 0 Å². The van der Waals surface area contributed by atoms with Crippen molar-refractivity contribution >= 4 is 29.3 Å². The Bertz CT molecular complexity index is 1340. The van der Waals surface area contributed by atoms with Crippen molar-refractivity contribution in [2.75, 3.05) is 25.0 Å². The van der Waals surface area contributed by atoms with Crippen molar-refractivity contribution in [1.29, 1.82) is 0 Å². The number of carbonyl (C=O) groups is 2. The number of nitrogens with one attached hydrogen (secondary N) is 1. The van der Waals surface area contributed by atoms with Gasteiger partial charge in [-0.1, -0.05) is 23.9 Å². The number of amides is 2. The second-order valence-electron chi connectivity index (χ2n) is 8.51. The summed E-state index contributed by atoms with van der Waals surface area (Å²) in [5, 5.41) is 11.6. The monoisotopic (exact) mass is 467 g/mol. The van der Waals surface area contributed by atoms with Crippen molar-refractivity contribution in [3.05, 3.63) is 84.5 Å². The molecule has 0 aliphatic carbocycles. The molecule has 35 heavy (non-hydrogen) atoms. The lowest BCUT2D eigenvalue weighted by atomic mass is 9.95. The van der Waals surface area contributed by atoms with E-state index in [1.165, 1.54) is 6.08 Å². The first-order valence-electron chi connectivity index (χ1n) is 11.5. The predicted molar refractivity (Wildman–Crippen MR) is 134 cm³/mol. The Balaban J connectivity index is 1.29. The number of piperidine rings is 1. The van der Waals surface area contributed by atoms with E-state index in [2.05, 4.69) is 32.2 Å². The molecule has 2 amide bonds. The van der Waals surface area contributed by atoms with E-state index in [0.717, 1.165) is 42.0 Å². The summed E-state index contributed by atoms with van der Waals surface area (Å²) in [6.45, 7) is 5.50. The molecule has 0 spiro atoms. The Hall–Kier alpha value is -4.40. The number of aliphatic imine (C=N–C) groups is 1. The van der Waals surface area contributed by atoms with Gasteiger partial charge in [-0.05, 0) is 55.3 Å². The largest absolute Gasteiger partial charge is 0.339 e. The zero-order chi connectivity index (χ0) is 24.2. The zero-order valence-electron chi connectivity index (χ0n) is 19.2. The number of carbonyl (C=O) groups excluding carboxylic acids is 2. The first-order valence-corrected chi connectivity index (χ1v) is 11.5. The van der Waals surface area contributed by atoms with Gasteiger partial charge >= 0.3 is 0 Å². The molecular weight excluding hydrogens is 442 g/mol. The minimum absolute atomic E-state index is 0.0566. The summed E-state index contributed by atoms with van der Waals surface area (Å²) < 4.78 is 1.69. The zero-order valence-corrected chi connectivity index (χ0v) is 19.2. The van der Waals surface area contributed by atoms with E-state index >= 15 is 0 Å². The van der Waals surface area contributed by atoms with Crippen LogP contribution in [0, 0.1) is 0 Å². The number of nitrogens with zero attached hydrogens (tertiary/aromatic N) is 6. The van der Waals surface area contributed by atoms with Crippen LogP contribution in [-0.2, 0) is 4.79 Å². The SMILES string of the molecule is C=CC(=O)N1CCCC(c2cn(-c3cccc(NC(=O)c4cccc(C5=CC=NC5)n4)c3)nn2)C1. The molecule has 5 rings (SSSR count). The molecule has 1 atom stereocenters. The highest BCUT2D eigenvalue weighted by atomic mass is 16.2. The second kappa shape index (κ2) is 9.84. The van der Waals surface area contributed by atoms with Gasteiger partial charge in [-0.3, -0.25) is 14.6 Å². The Morgan fingerprint density at radius 3 is 2.89 bits per heavy atom. The molecule has 2 aliphatic rings. The van der Waals surface area contributed by atoms with Crippen LogP contribution in [0.5, 0.6) is 0 Å². The summed E-state index contributed by atoms with van der Waals surface area (Å²) in [7, 11) is 0. The molecule has 1 saturated heterocycles. The van der Waals surface area contributed by atoms with Crippen molar-refractivity contribution in [2.24, 2.45) is 4.99 Å². The van der Waals surface area contributed by atoms with Crippen molar-refractivity contribution < 1.29 is 9.59 Å². The number of anilines is 1. The normalized spacial score (nSPS) is 17.2. The third kappa shape index (κ3) is 4.93. The number of benzene rings is 1. The number of likely N-dealkylation sites (tertiary alicyclic amines) is 1. The van der Waals surface area contributed by atoms with Crippen molar-refractivity contribution in [3.8, 4) is 5.69 Å². The first kappa shape index (κ1) is 22.4. The predicted octanol–water partition coefficient (Wildman–Crippen LogP) is 3.27. The molecule has 2 aliphatic heterocycles. The molecule has 176 valence electrons. The molecule has 2 aromatic heterocycles. The van der Waals surface area contributed by atoms with E-state index in [1.807, 2.05) is 48.7 Å². The van der Waals surface area contributed by atoms with Gasteiger partial charge < -0.3 is 10.2 Å². The number of aromatic nitrogens is 4. The molecule has 9 nitrogen and oxygen atoms in total. The third-order valence-corrected chi connectivity index (χ3v) is 6.16. The molecular formula is C26H25N7O2. The first-order chi connectivity index (χ1) is 17.1. The number of hydrogen-bond donors (Lipinski definition) is 1. The summed E-state index contributed by atoms with van der Waals surface area (Å²) in [4.78, 5) is 35.3. The second-order valence-corrected chi connectivity index (χ2v) is 8.51. The van der Waals surface area contributed by atoms with E-state index in [1.54, 1.807) is 21.9 Å². The Morgan fingerprint density at radius 1 is 1.17 bits per heavy atom. The molecule has 1 fully saturated rings. The molecule has 0 radical (unpaired) electrons. The molecule has 0 bridgehead atoms. The van der Waals surface area contributed by atoms with Gasteiger partial charge in [0, 0.05) is 36.5 Å². The molecule has 1 N–H and O–H groups in total. The summed E-state index contributed by atoms with van der Waals surface area (Å²) in [5.41, 5.74) is 4.30. The van der Waals surface area contributed by atoms with Crippen molar-refractivity contribution in [3.63, 3.8) is 0 Å². The smallest absolute Gasteiger partial charge is 0.274 e. The van der Waals surface area contributed by atoms with Crippen molar-refractivity contribution in [1.82, 2.24) is 24.9 Å². The third-order valence-electron chi connectivity index (χ3n) is 6.16. The van der Waals surface area contributed by atoms with Gasteiger partial charge in [0.2, 0.25) is 5.91 Å². The molecule has 0 saturated carbocycles. The van der Waals surface area contributed by atoms with Crippen LogP contribution in [0.4, 0.5) is 5.69 Å². The lowest BCUT2D eigenvalue weighted by Crippen LogP contribution is -2.38. The average molecular weight is 468 g/mol. The summed E-state index contributed by atoms with van der Waals surface area (Å²) in [6, 6.07) is 12.8. The van der Waals surface area contributed by atoms with E-state index in [0.29, 0.717) is 24.5 Å². The number of pyridine rings is 1. The van der Waals surface area contributed by atoms with Crippen molar-refractivity contribution in [2.45, 2.75) is 18.8 Å². The molecule has 9 heteroatoms. The standard InChI is InChI=1S/C26H25N7O2/c1-2-25(34)32-13-5-6-19(16-32)24-17-33(31-30-24)21-8-3-7-20(14-21)28-26(35)23-10-4-9-22(29-23)18-11-12-27-15-18/h2-4,7-12,14,17,19H,1,5-6,13,15-16H2,(H,28,35). The minimum Gasteiger partial charge on any atom is -0.339 e. The Morgan fingerprint density at radius 2 is 2.06 bits per heavy atom. The minimum atomic E-state index is -0.294. The highest BCUT2D eigenvalue weighted by Crippen LogP contribution is 2.26. The van der Waals surface area contributed by atoms with Gasteiger partial charge in [0.05, 0.1) is 29.8 Å². The fraction of sp³-hybridized carbons (Fsp3) is 0.231. The lowest BCUT2D eigenvalue weighted by Gasteiger charge is -2.30. The van der Waals surface area contributed by atoms with Gasteiger partial charge in [0.1, 0.15) is 5.69 Å². The van der Waals surface area contributed by atoms with Gasteiger partial charge in [0.25, 0.3) is 5.91 Å². The van der Waals surface area contributed by atoms with E-state index in [4.69, 9.17) is 0 Å². The van der Waals surface area contributed by atoms with Crippen LogP contribution in [0.2, 0.25) is 0 Å². The number of hydrogen-bond acceptors (Lipinski definition) is 6. The fourth-order valence-electron chi connectivity index (χ4n) is 4.31. The maximum Gasteiger partial charge on any atom is 0.274 e. The quantitative estimate of drug-likeness (QED) is 0.560. The Labute approximate surface area is 202 Å². The maximum atomic E-state index is 12.9. The van der Waals surface area contributed by atoms with E-state index < -0.39 is 0 Å². The van der Waals surface area contributed by atoms with Crippen LogP contribution >= 0.6 is 0 Å². The maximum absolute atomic E-state index is 12.9. The number of rotatable bonds is 6. The van der Waals surface area contributed by atoms with Gasteiger partial charge in [-0.15, -0.1) is 5.10 Å². The Kier molecular flexibility index (Phi) is 6.30. The van der Waals surface area contributed by atoms with E-state index in [9.17, 15) is 9.59 Å². The van der Waals surface area contributed by atoms with Gasteiger partial charge in [0.15, 0.2) is 0 Å². The van der Waals surface area contributed by atoms with Crippen LogP contribution in [-0.4, -0.2) is 62.5 Å². The lowest BCUT2D eigenvalue weighted by molar-refractivity contribution is -0.127. The summed E-state index contributed by atoms with van der Waals surface area (Å²) >= 11 is 0. The van der Waals surface area contributed by atoms with Crippen LogP contribution in [0.3, 0.4) is 0 Å².